The Bertz CT molecular complexity index is 1140. The number of para-hydroxylation sites is 1. The van der Waals surface area contributed by atoms with Crippen LogP contribution in [0.25, 0.3) is 10.9 Å². The van der Waals surface area contributed by atoms with E-state index in [1.807, 2.05) is 6.07 Å². The predicted molar refractivity (Wildman–Crippen MR) is 108 cm³/mol. The highest BCUT2D eigenvalue weighted by molar-refractivity contribution is 5.94. The molecule has 8 nitrogen and oxygen atoms in total. The maximum atomic E-state index is 13.8. The van der Waals surface area contributed by atoms with Crippen molar-refractivity contribution in [2.75, 3.05) is 25.0 Å². The smallest absolute Gasteiger partial charge is 0.408 e. The third-order valence-corrected chi connectivity index (χ3v) is 5.05. The van der Waals surface area contributed by atoms with E-state index in [2.05, 4.69) is 20.2 Å². The summed E-state index contributed by atoms with van der Waals surface area (Å²) >= 11 is 0. The van der Waals surface area contributed by atoms with Gasteiger partial charge in [-0.05, 0) is 49.3 Å². The van der Waals surface area contributed by atoms with Crippen LogP contribution in [0.4, 0.5) is 15.0 Å². The number of hydrogen-bond acceptors (Lipinski definition) is 7. The highest BCUT2D eigenvalue weighted by atomic mass is 19.1. The van der Waals surface area contributed by atoms with E-state index in [0.717, 1.165) is 25.1 Å². The SMILES string of the molecule is N#Cc1cc([C@@H](CN2CCC2)Nc2ncnc3c(OC(N)=O)cccc23)ccc1F. The first kappa shape index (κ1) is 19.5. The van der Waals surface area contributed by atoms with Crippen molar-refractivity contribution in [2.24, 2.45) is 5.73 Å². The van der Waals surface area contributed by atoms with Crippen molar-refractivity contribution >= 4 is 22.8 Å². The molecule has 1 fully saturated rings. The summed E-state index contributed by atoms with van der Waals surface area (Å²) in [5, 5.41) is 13.2. The molecule has 2 aromatic carbocycles. The fourth-order valence-electron chi connectivity index (χ4n) is 3.43. The number of nitrogens with one attached hydrogen (secondary N) is 1. The van der Waals surface area contributed by atoms with Crippen molar-refractivity contribution in [3.63, 3.8) is 0 Å². The monoisotopic (exact) mass is 406 g/mol. The minimum absolute atomic E-state index is 0.00685. The lowest BCUT2D eigenvalue weighted by atomic mass is 10.0. The number of halogens is 1. The van der Waals surface area contributed by atoms with E-state index in [1.54, 1.807) is 30.3 Å². The van der Waals surface area contributed by atoms with Gasteiger partial charge < -0.3 is 20.7 Å². The average Bonchev–Trinajstić information content (AvgIpc) is 2.70. The number of nitrogens with zero attached hydrogens (tertiary/aromatic N) is 4. The van der Waals surface area contributed by atoms with Gasteiger partial charge in [0.15, 0.2) is 5.75 Å². The first-order chi connectivity index (χ1) is 14.5. The third-order valence-electron chi connectivity index (χ3n) is 5.05. The molecule has 1 aromatic heterocycles. The van der Waals surface area contributed by atoms with Gasteiger partial charge >= 0.3 is 6.09 Å². The van der Waals surface area contributed by atoms with E-state index in [9.17, 15) is 14.4 Å². The number of anilines is 1. The van der Waals surface area contributed by atoms with Gasteiger partial charge in [-0.25, -0.2) is 19.2 Å². The average molecular weight is 406 g/mol. The second kappa shape index (κ2) is 8.31. The van der Waals surface area contributed by atoms with Crippen molar-refractivity contribution in [1.82, 2.24) is 14.9 Å². The molecular formula is C21H19FN6O2. The van der Waals surface area contributed by atoms with Gasteiger partial charge in [-0.2, -0.15) is 5.26 Å². The van der Waals surface area contributed by atoms with Gasteiger partial charge in [0.1, 0.15) is 29.5 Å². The number of primary amides is 1. The van der Waals surface area contributed by atoms with Crippen LogP contribution in [0.2, 0.25) is 0 Å². The summed E-state index contributed by atoms with van der Waals surface area (Å²) < 4.78 is 18.9. The zero-order valence-electron chi connectivity index (χ0n) is 16.0. The second-order valence-corrected chi connectivity index (χ2v) is 7.00. The number of hydrogen-bond donors (Lipinski definition) is 2. The number of ether oxygens (including phenoxy) is 1. The van der Waals surface area contributed by atoms with Gasteiger partial charge in [0, 0.05) is 11.9 Å². The van der Waals surface area contributed by atoms with Gasteiger partial charge in [0.25, 0.3) is 0 Å². The molecule has 0 spiro atoms. The summed E-state index contributed by atoms with van der Waals surface area (Å²) in [6.07, 6.45) is 1.57. The molecular weight excluding hydrogens is 387 g/mol. The molecule has 0 unspecified atom stereocenters. The number of likely N-dealkylation sites (tertiary alicyclic amines) is 1. The lowest BCUT2D eigenvalue weighted by Gasteiger charge is -2.35. The van der Waals surface area contributed by atoms with Crippen LogP contribution in [0.15, 0.2) is 42.7 Å². The summed E-state index contributed by atoms with van der Waals surface area (Å²) in [4.78, 5) is 22.0. The number of carbonyl (C=O) groups is 1. The zero-order valence-corrected chi connectivity index (χ0v) is 16.0. The topological polar surface area (TPSA) is 117 Å². The van der Waals surface area contributed by atoms with E-state index in [-0.39, 0.29) is 17.4 Å². The number of rotatable bonds is 6. The van der Waals surface area contributed by atoms with Crippen molar-refractivity contribution in [3.05, 3.63) is 59.7 Å². The molecule has 1 aliphatic heterocycles. The first-order valence-electron chi connectivity index (χ1n) is 9.44. The molecule has 3 N–H and O–H groups in total. The van der Waals surface area contributed by atoms with E-state index < -0.39 is 11.9 Å². The third kappa shape index (κ3) is 3.99. The molecule has 1 aliphatic rings. The number of benzene rings is 2. The van der Waals surface area contributed by atoms with E-state index in [0.29, 0.717) is 23.3 Å². The number of nitrogens with two attached hydrogens (primary N) is 1. The molecule has 1 amide bonds. The normalized spacial score (nSPS) is 14.5. The molecule has 2 heterocycles. The van der Waals surface area contributed by atoms with Crippen LogP contribution in [0.5, 0.6) is 5.75 Å². The van der Waals surface area contributed by atoms with E-state index in [4.69, 9.17) is 10.5 Å². The summed E-state index contributed by atoms with van der Waals surface area (Å²) in [6, 6.07) is 11.3. The summed E-state index contributed by atoms with van der Waals surface area (Å²) in [5.74, 6) is 0.214. The van der Waals surface area contributed by atoms with Gasteiger partial charge in [-0.1, -0.05) is 12.1 Å². The highest BCUT2D eigenvalue weighted by Crippen LogP contribution is 2.30. The molecule has 152 valence electrons. The molecule has 0 bridgehead atoms. The molecule has 1 atom stereocenters. The summed E-state index contributed by atoms with van der Waals surface area (Å²) in [6.45, 7) is 2.62. The number of amides is 1. The van der Waals surface area contributed by atoms with Crippen LogP contribution in [0.1, 0.15) is 23.6 Å². The molecule has 0 aliphatic carbocycles. The van der Waals surface area contributed by atoms with Crippen LogP contribution in [0.3, 0.4) is 0 Å². The van der Waals surface area contributed by atoms with E-state index in [1.165, 1.54) is 12.4 Å². The second-order valence-electron chi connectivity index (χ2n) is 7.00. The Hall–Kier alpha value is -3.77. The Labute approximate surface area is 172 Å². The number of fused-ring (bicyclic) bond motifs is 1. The Morgan fingerprint density at radius 2 is 2.17 bits per heavy atom. The molecule has 0 radical (unpaired) electrons. The zero-order chi connectivity index (χ0) is 21.1. The summed E-state index contributed by atoms with van der Waals surface area (Å²) in [5.41, 5.74) is 6.35. The molecule has 0 saturated carbocycles. The van der Waals surface area contributed by atoms with Gasteiger partial charge in [-0.15, -0.1) is 0 Å². The Kier molecular flexibility index (Phi) is 5.41. The number of carbonyl (C=O) groups excluding carboxylic acids is 1. The van der Waals surface area contributed by atoms with Gasteiger partial charge in [0.05, 0.1) is 11.6 Å². The highest BCUT2D eigenvalue weighted by Gasteiger charge is 2.23. The molecule has 4 rings (SSSR count). The van der Waals surface area contributed by atoms with Crippen molar-refractivity contribution in [2.45, 2.75) is 12.5 Å². The maximum absolute atomic E-state index is 13.8. The minimum atomic E-state index is -0.929. The van der Waals surface area contributed by atoms with Crippen LogP contribution < -0.4 is 15.8 Å². The standard InChI is InChI=1S/C21H19FN6O2/c22-16-6-5-13(9-14(16)10-23)17(11-28-7-2-8-28)27-20-15-3-1-4-18(30-21(24)29)19(15)25-12-26-20/h1,3-6,9,12,17H,2,7-8,11H2,(H2,24,29)(H,25,26,27)/t17-/m1/s1. The fourth-order valence-corrected chi connectivity index (χ4v) is 3.43. The molecule has 1 saturated heterocycles. The fraction of sp³-hybridized carbons (Fsp3) is 0.238. The molecule has 30 heavy (non-hydrogen) atoms. The number of aromatic nitrogens is 2. The lowest BCUT2D eigenvalue weighted by molar-refractivity contribution is 0.174. The quantitative estimate of drug-likeness (QED) is 0.646. The Balaban J connectivity index is 1.72. The predicted octanol–water partition coefficient (Wildman–Crippen LogP) is 2.96. The van der Waals surface area contributed by atoms with Crippen LogP contribution in [-0.4, -0.2) is 40.6 Å². The van der Waals surface area contributed by atoms with Crippen molar-refractivity contribution < 1.29 is 13.9 Å². The van der Waals surface area contributed by atoms with Gasteiger partial charge in [-0.3, -0.25) is 0 Å². The lowest BCUT2D eigenvalue weighted by Crippen LogP contribution is -2.41. The molecule has 9 heteroatoms. The van der Waals surface area contributed by atoms with Crippen molar-refractivity contribution in [1.29, 1.82) is 5.26 Å². The summed E-state index contributed by atoms with van der Waals surface area (Å²) in [7, 11) is 0. The van der Waals surface area contributed by atoms with Crippen LogP contribution >= 0.6 is 0 Å². The van der Waals surface area contributed by atoms with Crippen LogP contribution in [-0.2, 0) is 0 Å². The Morgan fingerprint density at radius 3 is 2.87 bits per heavy atom. The molecule has 3 aromatic rings. The largest absolute Gasteiger partial charge is 0.410 e. The number of nitriles is 1. The maximum Gasteiger partial charge on any atom is 0.410 e. The van der Waals surface area contributed by atoms with E-state index >= 15 is 0 Å². The first-order valence-corrected chi connectivity index (χ1v) is 9.44. The minimum Gasteiger partial charge on any atom is -0.408 e. The van der Waals surface area contributed by atoms with Crippen molar-refractivity contribution in [3.8, 4) is 11.8 Å². The van der Waals surface area contributed by atoms with Gasteiger partial charge in [0.2, 0.25) is 0 Å². The van der Waals surface area contributed by atoms with Crippen LogP contribution in [0, 0.1) is 17.1 Å². The Morgan fingerprint density at radius 1 is 1.33 bits per heavy atom.